The van der Waals surface area contributed by atoms with Crippen LogP contribution < -0.4 is 4.57 Å². The van der Waals surface area contributed by atoms with Gasteiger partial charge in [0.25, 0.3) is 0 Å². The van der Waals surface area contributed by atoms with E-state index in [9.17, 15) is 0 Å². The smallest absolute Gasteiger partial charge is 0.201 e. The van der Waals surface area contributed by atoms with Crippen molar-refractivity contribution in [3.8, 4) is 11.3 Å². The van der Waals surface area contributed by atoms with Crippen LogP contribution in [-0.4, -0.2) is 0 Å². The third-order valence-electron chi connectivity index (χ3n) is 3.19. The zero-order valence-corrected chi connectivity index (χ0v) is 11.3. The van der Waals surface area contributed by atoms with Gasteiger partial charge in [-0.05, 0) is 50.4 Å². The van der Waals surface area contributed by atoms with Crippen LogP contribution in [0.15, 0.2) is 30.5 Å². The molecule has 2 rings (SSSR count). The van der Waals surface area contributed by atoms with Gasteiger partial charge in [-0.25, -0.2) is 4.57 Å². The molecule has 0 aliphatic heterocycles. The third kappa shape index (κ3) is 2.31. The van der Waals surface area contributed by atoms with Gasteiger partial charge in [-0.1, -0.05) is 19.0 Å². The molecule has 94 valence electrons. The lowest BCUT2D eigenvalue weighted by atomic mass is 9.98. The quantitative estimate of drug-likeness (QED) is 0.711. The van der Waals surface area contributed by atoms with E-state index >= 15 is 0 Å². The van der Waals surface area contributed by atoms with E-state index in [0.29, 0.717) is 0 Å². The highest BCUT2D eigenvalue weighted by molar-refractivity contribution is 5.64. The lowest BCUT2D eigenvalue weighted by molar-refractivity contribution is -0.661. The van der Waals surface area contributed by atoms with Crippen LogP contribution in [0.25, 0.3) is 11.3 Å². The molecular weight excluding hydrogens is 218 g/mol. The van der Waals surface area contributed by atoms with Crippen molar-refractivity contribution in [2.24, 2.45) is 7.05 Å². The van der Waals surface area contributed by atoms with Crippen molar-refractivity contribution in [3.63, 3.8) is 0 Å². The number of aromatic nitrogens is 1. The van der Waals surface area contributed by atoms with Gasteiger partial charge in [-0.15, -0.1) is 0 Å². The lowest BCUT2D eigenvalue weighted by Crippen LogP contribution is -2.32. The van der Waals surface area contributed by atoms with Crippen LogP contribution in [0.5, 0.6) is 0 Å². The maximum atomic E-state index is 7.90. The molecule has 0 amide bonds. The fraction of sp³-hybridized carbons (Fsp3) is 0.353. The molecule has 0 saturated carbocycles. The second-order valence-corrected chi connectivity index (χ2v) is 4.81. The van der Waals surface area contributed by atoms with E-state index < -0.39 is 13.2 Å². The molecular formula is C17H22N+. The second kappa shape index (κ2) is 4.93. The first-order valence-electron chi connectivity index (χ1n) is 8.53. The summed E-state index contributed by atoms with van der Waals surface area (Å²) in [6.45, 7) is 3.27. The first-order valence-corrected chi connectivity index (χ1v) is 6.03. The van der Waals surface area contributed by atoms with Gasteiger partial charge in [0.2, 0.25) is 5.69 Å². The van der Waals surface area contributed by atoms with E-state index in [4.69, 9.17) is 6.85 Å². The summed E-state index contributed by atoms with van der Waals surface area (Å²) in [5.74, 6) is 0. The molecule has 0 atom stereocenters. The molecule has 1 heterocycles. The van der Waals surface area contributed by atoms with E-state index in [-0.39, 0.29) is 5.56 Å². The summed E-state index contributed by atoms with van der Waals surface area (Å²) in [5, 5.41) is 0. The predicted molar refractivity (Wildman–Crippen MR) is 76.6 cm³/mol. The average molecular weight is 245 g/mol. The Labute approximate surface area is 117 Å². The Bertz CT molecular complexity index is 724. The van der Waals surface area contributed by atoms with Crippen molar-refractivity contribution in [3.05, 3.63) is 52.7 Å². The van der Waals surface area contributed by atoms with Gasteiger partial charge >= 0.3 is 0 Å². The molecule has 0 unspecified atom stereocenters. The van der Waals surface area contributed by atoms with Crippen molar-refractivity contribution < 1.29 is 11.4 Å². The monoisotopic (exact) mass is 245 g/mol. The van der Waals surface area contributed by atoms with Crippen molar-refractivity contribution in [2.45, 2.75) is 34.0 Å². The SMILES string of the molecule is [2H]C([2H])([2H])C([2H])([2H])c1ccc(-c2c(C)cc(C)c[n+]2C)c(C)c1. The Balaban J connectivity index is 2.58. The summed E-state index contributed by atoms with van der Waals surface area (Å²) < 4.78 is 40.1. The molecule has 0 bridgehead atoms. The molecule has 0 radical (unpaired) electrons. The summed E-state index contributed by atoms with van der Waals surface area (Å²) in [4.78, 5) is 0. The maximum absolute atomic E-state index is 7.90. The summed E-state index contributed by atoms with van der Waals surface area (Å²) in [7, 11) is 1.98. The molecule has 0 N–H and O–H groups in total. The number of pyridine rings is 1. The van der Waals surface area contributed by atoms with E-state index in [1.807, 2.05) is 44.6 Å². The Morgan fingerprint density at radius 1 is 1.17 bits per heavy atom. The maximum Gasteiger partial charge on any atom is 0.215 e. The largest absolute Gasteiger partial charge is 0.215 e. The minimum Gasteiger partial charge on any atom is -0.201 e. The van der Waals surface area contributed by atoms with Crippen LogP contribution in [0.4, 0.5) is 0 Å². The average Bonchev–Trinajstić information content (AvgIpc) is 2.37. The van der Waals surface area contributed by atoms with Gasteiger partial charge in [0.15, 0.2) is 6.20 Å². The van der Waals surface area contributed by atoms with Gasteiger partial charge in [0.05, 0.1) is 0 Å². The van der Waals surface area contributed by atoms with E-state index in [0.717, 1.165) is 22.4 Å². The lowest BCUT2D eigenvalue weighted by Gasteiger charge is -2.09. The van der Waals surface area contributed by atoms with Crippen LogP contribution in [0.1, 0.15) is 36.0 Å². The number of benzene rings is 1. The Morgan fingerprint density at radius 2 is 1.94 bits per heavy atom. The molecule has 0 saturated heterocycles. The molecule has 1 aromatic heterocycles. The predicted octanol–water partition coefficient (Wildman–Crippen LogP) is 3.67. The summed E-state index contributed by atoms with van der Waals surface area (Å²) in [5.41, 5.74) is 5.37. The Kier molecular flexibility index (Phi) is 2.12. The molecule has 1 heteroatoms. The number of aryl methyl sites for hydroxylation is 5. The van der Waals surface area contributed by atoms with Crippen molar-refractivity contribution in [2.75, 3.05) is 0 Å². The number of nitrogens with zero attached hydrogens (tertiary/aromatic N) is 1. The number of hydrogen-bond donors (Lipinski definition) is 0. The first-order chi connectivity index (χ1) is 10.4. The van der Waals surface area contributed by atoms with Gasteiger partial charge in [-0.3, -0.25) is 0 Å². The highest BCUT2D eigenvalue weighted by Crippen LogP contribution is 2.24. The summed E-state index contributed by atoms with van der Waals surface area (Å²) in [6.07, 6.45) is -0.321. The number of rotatable bonds is 2. The Hall–Kier alpha value is -1.63. The summed E-state index contributed by atoms with van der Waals surface area (Å²) >= 11 is 0. The van der Waals surface area contributed by atoms with E-state index in [1.165, 1.54) is 5.56 Å². The normalized spacial score (nSPS) is 16.3. The topological polar surface area (TPSA) is 3.88 Å². The minimum atomic E-state index is -2.69. The van der Waals surface area contributed by atoms with Crippen LogP contribution in [0.3, 0.4) is 0 Å². The van der Waals surface area contributed by atoms with Crippen molar-refractivity contribution in [1.29, 1.82) is 0 Å². The minimum absolute atomic E-state index is 0.186. The standard InChI is InChI=1S/C17H22N/c1-6-15-7-8-16(13(3)10-15)17-14(4)9-12(2)11-18(17)5/h7-11H,6H2,1-5H3/q+1/i1D3,6D2. The second-order valence-electron chi connectivity index (χ2n) is 4.81. The molecule has 0 aliphatic rings. The van der Waals surface area contributed by atoms with Crippen molar-refractivity contribution >= 4 is 0 Å². The van der Waals surface area contributed by atoms with E-state index in [1.54, 1.807) is 12.1 Å². The highest BCUT2D eigenvalue weighted by Gasteiger charge is 2.16. The molecule has 0 fully saturated rings. The van der Waals surface area contributed by atoms with E-state index in [2.05, 4.69) is 6.07 Å². The van der Waals surface area contributed by atoms with Gasteiger partial charge in [0.1, 0.15) is 7.05 Å². The first kappa shape index (κ1) is 7.73. The van der Waals surface area contributed by atoms with Crippen LogP contribution in [0, 0.1) is 20.8 Å². The molecule has 1 aromatic carbocycles. The summed E-state index contributed by atoms with van der Waals surface area (Å²) in [6, 6.07) is 7.13. The fourth-order valence-corrected chi connectivity index (χ4v) is 2.50. The Morgan fingerprint density at radius 3 is 2.56 bits per heavy atom. The third-order valence-corrected chi connectivity index (χ3v) is 3.19. The van der Waals surface area contributed by atoms with Gasteiger partial charge in [0, 0.05) is 23.5 Å². The van der Waals surface area contributed by atoms with Gasteiger partial charge in [-0.2, -0.15) is 0 Å². The van der Waals surface area contributed by atoms with Gasteiger partial charge < -0.3 is 0 Å². The highest BCUT2D eigenvalue weighted by atomic mass is 14.9. The molecule has 18 heavy (non-hydrogen) atoms. The van der Waals surface area contributed by atoms with Crippen LogP contribution >= 0.6 is 0 Å². The van der Waals surface area contributed by atoms with Crippen LogP contribution in [0.2, 0.25) is 0 Å². The fourth-order valence-electron chi connectivity index (χ4n) is 2.50. The molecule has 0 spiro atoms. The van der Waals surface area contributed by atoms with Crippen LogP contribution in [-0.2, 0) is 13.4 Å². The zero-order chi connectivity index (χ0) is 17.6. The molecule has 1 nitrogen and oxygen atoms in total. The molecule has 2 aromatic rings. The zero-order valence-electron chi connectivity index (χ0n) is 16.3. The van der Waals surface area contributed by atoms with Crippen molar-refractivity contribution in [1.82, 2.24) is 0 Å². The number of hydrogen-bond acceptors (Lipinski definition) is 0. The molecule has 0 aliphatic carbocycles.